The lowest BCUT2D eigenvalue weighted by Gasteiger charge is -2.07. The van der Waals surface area contributed by atoms with Gasteiger partial charge in [0.05, 0.1) is 12.6 Å². The molecule has 0 aliphatic carbocycles. The number of carbonyl (C=O) groups is 1. The zero-order valence-electron chi connectivity index (χ0n) is 14.5. The van der Waals surface area contributed by atoms with E-state index in [1.54, 1.807) is 12.1 Å². The van der Waals surface area contributed by atoms with Gasteiger partial charge >= 0.3 is 12.1 Å². The average molecular weight is 441 g/mol. The largest absolute Gasteiger partial charge is 0.466 e. The summed E-state index contributed by atoms with van der Waals surface area (Å²) in [6, 6.07) is 11.0. The van der Waals surface area contributed by atoms with Crippen molar-refractivity contribution in [3.05, 3.63) is 71.2 Å². The van der Waals surface area contributed by atoms with Crippen LogP contribution in [-0.4, -0.2) is 22.5 Å². The second-order valence-electron chi connectivity index (χ2n) is 5.49. The fourth-order valence-corrected chi connectivity index (χ4v) is 2.74. The molecule has 3 aromatic rings. The Morgan fingerprint density at radius 3 is 2.26 bits per heavy atom. The number of hydrogen-bond acceptors (Lipinski definition) is 3. The molecule has 0 aliphatic rings. The van der Waals surface area contributed by atoms with Crippen LogP contribution >= 0.6 is 15.9 Å². The SMILES string of the molecule is C=CC(=O)OC.Cc1ccc(-c2ccc3c(Br)nc(C(F)(F)F)n3c2)cc1. The summed E-state index contributed by atoms with van der Waals surface area (Å²) in [7, 11) is 1.31. The van der Waals surface area contributed by atoms with Gasteiger partial charge in [0, 0.05) is 12.3 Å². The van der Waals surface area contributed by atoms with Crippen molar-refractivity contribution >= 4 is 27.4 Å². The number of aryl methyl sites for hydroxylation is 1. The van der Waals surface area contributed by atoms with Gasteiger partial charge in [-0.15, -0.1) is 0 Å². The number of pyridine rings is 1. The third-order valence-electron chi connectivity index (χ3n) is 3.60. The number of halogens is 4. The van der Waals surface area contributed by atoms with Crippen LogP contribution in [-0.2, 0) is 15.7 Å². The van der Waals surface area contributed by atoms with Crippen LogP contribution in [0, 0.1) is 6.92 Å². The molecule has 2 heterocycles. The van der Waals surface area contributed by atoms with E-state index in [1.807, 2.05) is 31.2 Å². The molecule has 4 nitrogen and oxygen atoms in total. The first-order chi connectivity index (χ1) is 12.7. The van der Waals surface area contributed by atoms with E-state index < -0.39 is 18.0 Å². The second-order valence-corrected chi connectivity index (χ2v) is 6.24. The number of hydrogen-bond donors (Lipinski definition) is 0. The zero-order valence-corrected chi connectivity index (χ0v) is 16.1. The molecule has 0 atom stereocenters. The molecule has 0 saturated heterocycles. The fourth-order valence-electron chi connectivity index (χ4n) is 2.25. The first kappa shape index (κ1) is 20.7. The summed E-state index contributed by atoms with van der Waals surface area (Å²) < 4.78 is 44.4. The normalized spacial score (nSPS) is 10.9. The molecule has 0 N–H and O–H groups in total. The lowest BCUT2D eigenvalue weighted by atomic mass is 10.1. The molecule has 0 amide bonds. The first-order valence-electron chi connectivity index (χ1n) is 7.69. The number of methoxy groups -OCH3 is 1. The van der Waals surface area contributed by atoms with Crippen molar-refractivity contribution in [1.82, 2.24) is 9.38 Å². The summed E-state index contributed by atoms with van der Waals surface area (Å²) in [4.78, 5) is 13.4. The highest BCUT2D eigenvalue weighted by Crippen LogP contribution is 2.33. The molecule has 0 fully saturated rings. The number of aromatic nitrogens is 2. The van der Waals surface area contributed by atoms with Crippen molar-refractivity contribution in [3.63, 3.8) is 0 Å². The van der Waals surface area contributed by atoms with Gasteiger partial charge in [0.15, 0.2) is 0 Å². The molecule has 0 unspecified atom stereocenters. The Kier molecular flexibility index (Phi) is 6.43. The molecular formula is C19H16BrF3N2O2. The minimum atomic E-state index is -4.50. The van der Waals surface area contributed by atoms with E-state index in [-0.39, 0.29) is 4.60 Å². The van der Waals surface area contributed by atoms with Crippen LogP contribution < -0.4 is 0 Å². The Balaban J connectivity index is 0.000000380. The summed E-state index contributed by atoms with van der Waals surface area (Å²) in [5, 5.41) is 0. The van der Waals surface area contributed by atoms with Crippen molar-refractivity contribution in [1.29, 1.82) is 0 Å². The van der Waals surface area contributed by atoms with Crippen LogP contribution in [0.15, 0.2) is 59.9 Å². The molecule has 3 rings (SSSR count). The summed E-state index contributed by atoms with van der Waals surface area (Å²) in [6.07, 6.45) is -1.93. The number of benzene rings is 1. The minimum Gasteiger partial charge on any atom is -0.466 e. The number of carbonyl (C=O) groups excluding carboxylic acids is 1. The highest BCUT2D eigenvalue weighted by Gasteiger charge is 2.37. The Bertz CT molecular complexity index is 963. The molecule has 0 radical (unpaired) electrons. The third-order valence-corrected chi connectivity index (χ3v) is 4.18. The van der Waals surface area contributed by atoms with E-state index in [9.17, 15) is 18.0 Å². The molecule has 8 heteroatoms. The molecule has 0 spiro atoms. The number of imidazole rings is 1. The van der Waals surface area contributed by atoms with E-state index in [1.165, 1.54) is 13.3 Å². The number of fused-ring (bicyclic) bond motifs is 1. The van der Waals surface area contributed by atoms with Crippen molar-refractivity contribution in [3.8, 4) is 11.1 Å². The first-order valence-corrected chi connectivity index (χ1v) is 8.49. The van der Waals surface area contributed by atoms with Crippen molar-refractivity contribution in [2.75, 3.05) is 7.11 Å². The Labute approximate surface area is 162 Å². The number of nitrogens with zero attached hydrogens (tertiary/aromatic N) is 2. The number of rotatable bonds is 2. The monoisotopic (exact) mass is 440 g/mol. The standard InChI is InChI=1S/C15H10BrF3N2.C4H6O2/c1-9-2-4-10(5-3-9)11-6-7-12-13(16)20-14(15(17,18)19)21(12)8-11;1-3-4(5)6-2/h2-8H,1H3;3H,1H2,2H3. The number of alkyl halides is 3. The Hall–Kier alpha value is -2.61. The molecule has 142 valence electrons. The third kappa shape index (κ3) is 4.97. The second kappa shape index (κ2) is 8.39. The van der Waals surface area contributed by atoms with Gasteiger partial charge in [-0.25, -0.2) is 9.78 Å². The maximum absolute atomic E-state index is 13.0. The Morgan fingerprint density at radius 2 is 1.78 bits per heavy atom. The maximum atomic E-state index is 13.0. The lowest BCUT2D eigenvalue weighted by Crippen LogP contribution is -2.10. The number of ether oxygens (including phenoxy) is 1. The summed E-state index contributed by atoms with van der Waals surface area (Å²) in [5.41, 5.74) is 3.05. The molecular weight excluding hydrogens is 425 g/mol. The topological polar surface area (TPSA) is 43.6 Å². The lowest BCUT2D eigenvalue weighted by molar-refractivity contribution is -0.145. The van der Waals surface area contributed by atoms with Gasteiger partial charge in [0.2, 0.25) is 5.82 Å². The van der Waals surface area contributed by atoms with Crippen LogP contribution in [0.5, 0.6) is 0 Å². The Morgan fingerprint density at radius 1 is 1.19 bits per heavy atom. The van der Waals surface area contributed by atoms with Crippen molar-refractivity contribution in [2.45, 2.75) is 13.1 Å². The zero-order chi connectivity index (χ0) is 20.2. The van der Waals surface area contributed by atoms with E-state index >= 15 is 0 Å². The number of esters is 1. The van der Waals surface area contributed by atoms with Gasteiger partial charge in [-0.05, 0) is 40.0 Å². The molecule has 27 heavy (non-hydrogen) atoms. The van der Waals surface area contributed by atoms with E-state index in [0.717, 1.165) is 21.6 Å². The molecule has 2 aromatic heterocycles. The fraction of sp³-hybridized carbons (Fsp3) is 0.158. The van der Waals surface area contributed by atoms with Crippen LogP contribution in [0.3, 0.4) is 0 Å². The van der Waals surface area contributed by atoms with Crippen LogP contribution in [0.4, 0.5) is 13.2 Å². The molecule has 0 saturated carbocycles. The van der Waals surface area contributed by atoms with Crippen LogP contribution in [0.25, 0.3) is 16.6 Å². The highest BCUT2D eigenvalue weighted by molar-refractivity contribution is 9.10. The quantitative estimate of drug-likeness (QED) is 0.393. The van der Waals surface area contributed by atoms with Gasteiger partial charge < -0.3 is 4.74 Å². The van der Waals surface area contributed by atoms with Crippen molar-refractivity contribution < 1.29 is 22.7 Å². The van der Waals surface area contributed by atoms with Crippen LogP contribution in [0.2, 0.25) is 0 Å². The molecule has 0 bridgehead atoms. The van der Waals surface area contributed by atoms with E-state index in [0.29, 0.717) is 11.1 Å². The van der Waals surface area contributed by atoms with Crippen molar-refractivity contribution in [2.24, 2.45) is 0 Å². The van der Waals surface area contributed by atoms with Gasteiger partial charge in [0.25, 0.3) is 0 Å². The van der Waals surface area contributed by atoms with Crippen LogP contribution in [0.1, 0.15) is 11.4 Å². The smallest absolute Gasteiger partial charge is 0.450 e. The highest BCUT2D eigenvalue weighted by atomic mass is 79.9. The summed E-state index contributed by atoms with van der Waals surface area (Å²) in [5.74, 6) is -1.33. The maximum Gasteiger partial charge on any atom is 0.450 e. The van der Waals surface area contributed by atoms with Gasteiger partial charge in [0.1, 0.15) is 4.60 Å². The summed E-state index contributed by atoms with van der Waals surface area (Å²) in [6.45, 7) is 5.12. The van der Waals surface area contributed by atoms with E-state index in [2.05, 4.69) is 32.2 Å². The summed E-state index contributed by atoms with van der Waals surface area (Å²) >= 11 is 3.07. The molecule has 1 aromatic carbocycles. The minimum absolute atomic E-state index is 0.185. The molecule has 0 aliphatic heterocycles. The average Bonchev–Trinajstić information content (AvgIpc) is 2.98. The van der Waals surface area contributed by atoms with E-state index in [4.69, 9.17) is 0 Å². The predicted molar refractivity (Wildman–Crippen MR) is 100 cm³/mol. The van der Waals surface area contributed by atoms with Gasteiger partial charge in [-0.1, -0.05) is 42.5 Å². The van der Waals surface area contributed by atoms with Gasteiger partial charge in [-0.3, -0.25) is 4.40 Å². The predicted octanol–water partition coefficient (Wildman–Crippen LogP) is 5.44. The van der Waals surface area contributed by atoms with Gasteiger partial charge in [-0.2, -0.15) is 13.2 Å².